The second-order valence-electron chi connectivity index (χ2n) is 23.6. The van der Waals surface area contributed by atoms with Crippen LogP contribution in [0.4, 0.5) is 0 Å². The van der Waals surface area contributed by atoms with Crippen LogP contribution in [0.25, 0.3) is 10.9 Å². The molecule has 18 atom stereocenters. The van der Waals surface area contributed by atoms with E-state index in [-0.39, 0.29) is 56.1 Å². The van der Waals surface area contributed by atoms with Gasteiger partial charge in [-0.1, -0.05) is 26.8 Å². The number of benzene rings is 1. The quantitative estimate of drug-likeness (QED) is 0.0785. The summed E-state index contributed by atoms with van der Waals surface area (Å²) < 4.78 is 53.1. The number of aromatic nitrogens is 1. The smallest absolute Gasteiger partial charge is 0.341 e. The van der Waals surface area contributed by atoms with Crippen LogP contribution in [0.3, 0.4) is 0 Å². The zero-order chi connectivity index (χ0) is 56.2. The Hall–Kier alpha value is -3.57. The number of carboxylic acids is 1. The van der Waals surface area contributed by atoms with Gasteiger partial charge in [0, 0.05) is 56.2 Å². The Morgan fingerprint density at radius 3 is 2.29 bits per heavy atom. The molecule has 4 heterocycles. The van der Waals surface area contributed by atoms with Crippen molar-refractivity contribution in [2.24, 2.45) is 23.7 Å². The number of aromatic carboxylic acids is 1. The van der Waals surface area contributed by atoms with Crippen molar-refractivity contribution in [1.29, 1.82) is 0 Å². The maximum atomic E-state index is 14.6. The van der Waals surface area contributed by atoms with Crippen molar-refractivity contribution in [2.45, 2.75) is 211 Å². The van der Waals surface area contributed by atoms with Crippen LogP contribution >= 0.6 is 0 Å². The van der Waals surface area contributed by atoms with Crippen molar-refractivity contribution in [3.05, 3.63) is 58.1 Å². The van der Waals surface area contributed by atoms with Crippen LogP contribution in [-0.4, -0.2) is 190 Å². The van der Waals surface area contributed by atoms with Gasteiger partial charge < -0.3 is 77.8 Å². The number of fused-ring (bicyclic) bond motifs is 1. The molecule has 6 rings (SSSR count). The standard InChI is InChI=1S/C57H91N3O16/c1-15-44-57(10,68)49(63)36(6)59(13)29-32(2)27-55(8,67)50(76-54-47(62)43(58(11)12)25-33(3)72-54)34(4)48(35(5)53(66)74-44)75-45-28-56(9,69-14)51(37(7)73-45)71-24-23-70-22-16-17-38-20-21-42-40(26-38)46(61)41(52(64)65)31-60(42)30-39-18-19-39/h16,20-22,26,31-37,39,43-45,47-51,54,62-63,67-68H,15,17-19,23-25,27-30H2,1-14H3,(H,64,65)/t32-,33-,34+,35-,36-,37+,43+,44-,45?,47-,48+,49+,50-,51+,54+,55-,56-,57-/m1/s1. The summed E-state index contributed by atoms with van der Waals surface area (Å²) in [6.45, 7) is 19.3. The van der Waals surface area contributed by atoms with Gasteiger partial charge in [0.15, 0.2) is 12.6 Å². The number of nitrogens with zero attached hydrogens (tertiary/aromatic N) is 3. The van der Waals surface area contributed by atoms with Gasteiger partial charge in [0.05, 0.1) is 59.9 Å². The van der Waals surface area contributed by atoms with Crippen molar-refractivity contribution in [2.75, 3.05) is 48.0 Å². The van der Waals surface area contributed by atoms with Crippen LogP contribution in [-0.2, 0) is 55.7 Å². The van der Waals surface area contributed by atoms with E-state index in [0.717, 1.165) is 18.4 Å². The lowest BCUT2D eigenvalue weighted by Crippen LogP contribution is -2.61. The Labute approximate surface area is 449 Å². The highest BCUT2D eigenvalue weighted by molar-refractivity contribution is 5.92. The Balaban J connectivity index is 1.19. The Morgan fingerprint density at radius 2 is 1.66 bits per heavy atom. The van der Waals surface area contributed by atoms with Gasteiger partial charge in [0.1, 0.15) is 42.2 Å². The molecule has 3 aliphatic heterocycles. The maximum Gasteiger partial charge on any atom is 0.341 e. The lowest BCUT2D eigenvalue weighted by Gasteiger charge is -2.49. The molecule has 1 saturated carbocycles. The highest BCUT2D eigenvalue weighted by Gasteiger charge is 2.53. The molecular weight excluding hydrogens is 983 g/mol. The molecular formula is C57H91N3O16. The highest BCUT2D eigenvalue weighted by atomic mass is 16.7. The van der Waals surface area contributed by atoms with Crippen molar-refractivity contribution in [3.63, 3.8) is 0 Å². The van der Waals surface area contributed by atoms with E-state index in [1.165, 1.54) is 13.1 Å². The van der Waals surface area contributed by atoms with E-state index in [4.69, 9.17) is 37.9 Å². The summed E-state index contributed by atoms with van der Waals surface area (Å²) in [5.74, 6) is -3.50. The zero-order valence-electron chi connectivity index (χ0n) is 47.5. The second-order valence-corrected chi connectivity index (χ2v) is 23.6. The topological polar surface area (TPSA) is 238 Å². The summed E-state index contributed by atoms with van der Waals surface area (Å²) in [4.78, 5) is 43.5. The summed E-state index contributed by atoms with van der Waals surface area (Å²) >= 11 is 0. The van der Waals surface area contributed by atoms with Crippen LogP contribution in [0.1, 0.15) is 124 Å². The van der Waals surface area contributed by atoms with Gasteiger partial charge in [-0.2, -0.15) is 0 Å². The number of likely N-dealkylation sites (N-methyl/N-ethyl adjacent to an activating group) is 2. The molecule has 3 saturated heterocycles. The number of aliphatic hydroxyl groups is 4. The first-order chi connectivity index (χ1) is 35.6. The fraction of sp³-hybridized carbons (Fsp3) is 0.772. The Morgan fingerprint density at radius 1 is 0.961 bits per heavy atom. The van der Waals surface area contributed by atoms with Crippen molar-refractivity contribution in [3.8, 4) is 0 Å². The normalized spacial score (nSPS) is 38.7. The number of aliphatic hydroxyl groups excluding tert-OH is 2. The summed E-state index contributed by atoms with van der Waals surface area (Å²) in [6.07, 6.45) is -0.708. The molecule has 2 aromatic rings. The summed E-state index contributed by atoms with van der Waals surface area (Å²) in [7, 11) is 7.19. The van der Waals surface area contributed by atoms with E-state index in [1.807, 2.05) is 88.3 Å². The number of ether oxygens (including phenoxy) is 8. The molecule has 430 valence electrons. The number of carbonyl (C=O) groups excluding carboxylic acids is 1. The first-order valence-corrected chi connectivity index (χ1v) is 27.5. The number of methoxy groups -OCH3 is 1. The number of carboxylic acid groups (broad SMARTS) is 1. The van der Waals surface area contributed by atoms with Crippen LogP contribution in [0.15, 0.2) is 41.5 Å². The third-order valence-electron chi connectivity index (χ3n) is 16.7. The van der Waals surface area contributed by atoms with Gasteiger partial charge >= 0.3 is 11.9 Å². The van der Waals surface area contributed by atoms with Gasteiger partial charge in [0.25, 0.3) is 0 Å². The summed E-state index contributed by atoms with van der Waals surface area (Å²) in [5, 5.41) is 58.2. The van der Waals surface area contributed by atoms with Crippen LogP contribution < -0.4 is 5.43 Å². The number of allylic oxidation sites excluding steroid dienone is 1. The predicted molar refractivity (Wildman–Crippen MR) is 285 cm³/mol. The molecule has 1 aliphatic carbocycles. The zero-order valence-corrected chi connectivity index (χ0v) is 47.5. The maximum absolute atomic E-state index is 14.6. The van der Waals surface area contributed by atoms with Gasteiger partial charge in [0.2, 0.25) is 5.43 Å². The molecule has 0 spiro atoms. The van der Waals surface area contributed by atoms with Crippen LogP contribution in [0.5, 0.6) is 0 Å². The molecule has 19 heteroatoms. The largest absolute Gasteiger partial charge is 0.499 e. The Kier molecular flexibility index (Phi) is 20.8. The molecule has 0 bridgehead atoms. The van der Waals surface area contributed by atoms with E-state index >= 15 is 0 Å². The van der Waals surface area contributed by atoms with E-state index in [2.05, 4.69) is 0 Å². The summed E-state index contributed by atoms with van der Waals surface area (Å²) in [6, 6.07) is 4.67. The van der Waals surface area contributed by atoms with Crippen molar-refractivity contribution in [1.82, 2.24) is 14.4 Å². The number of esters is 1. The van der Waals surface area contributed by atoms with E-state index in [1.54, 1.807) is 47.1 Å². The molecule has 1 aromatic carbocycles. The fourth-order valence-corrected chi connectivity index (χ4v) is 12.0. The molecule has 5 N–H and O–H groups in total. The van der Waals surface area contributed by atoms with Crippen molar-refractivity contribution < 1.29 is 73.0 Å². The molecule has 0 radical (unpaired) electrons. The first kappa shape index (κ1) is 61.6. The third-order valence-corrected chi connectivity index (χ3v) is 16.7. The van der Waals surface area contributed by atoms with Gasteiger partial charge in [-0.05, 0) is 144 Å². The minimum Gasteiger partial charge on any atom is -0.499 e. The van der Waals surface area contributed by atoms with Crippen LogP contribution in [0, 0.1) is 23.7 Å². The van der Waals surface area contributed by atoms with E-state index < -0.39 is 107 Å². The predicted octanol–water partition coefficient (Wildman–Crippen LogP) is 5.12. The van der Waals surface area contributed by atoms with Crippen LogP contribution in [0.2, 0.25) is 0 Å². The Bertz CT molecular complexity index is 2340. The van der Waals surface area contributed by atoms with E-state index in [0.29, 0.717) is 42.8 Å². The monoisotopic (exact) mass is 1070 g/mol. The third kappa shape index (κ3) is 14.4. The average molecular weight is 1070 g/mol. The number of pyridine rings is 1. The summed E-state index contributed by atoms with van der Waals surface area (Å²) in [5.41, 5.74) is -3.63. The second kappa shape index (κ2) is 25.7. The number of rotatable bonds is 17. The van der Waals surface area contributed by atoms with Gasteiger partial charge in [-0.25, -0.2) is 4.79 Å². The number of carbonyl (C=O) groups is 2. The number of cyclic esters (lactones) is 1. The lowest BCUT2D eigenvalue weighted by molar-refractivity contribution is -0.321. The molecule has 1 unspecified atom stereocenters. The SMILES string of the molecule is CC[C@H]1OC(=O)[C@H](C)[C@@H](OC2C[C@@](C)(OC)[C@@H](OCCOC=CCc3ccc4c(c3)c(=O)c(C(=O)O)cn4CC3CC3)[C@H](C)O2)[C@H](C)[C@@H](O[C@@H]2O[C@H](C)C[C@H](N(C)C)[C@H]2O)[C@](C)(O)C[C@@H](C)CN(C)[C@H](C)[C@H](O)[C@]1(C)O. The first-order valence-electron chi connectivity index (χ1n) is 27.5. The molecule has 19 nitrogen and oxygen atoms in total. The van der Waals surface area contributed by atoms with Gasteiger partial charge in [-0.15, -0.1) is 0 Å². The molecule has 4 fully saturated rings. The van der Waals surface area contributed by atoms with Crippen molar-refractivity contribution >= 4 is 22.8 Å². The highest BCUT2D eigenvalue weighted by Crippen LogP contribution is 2.41. The number of hydrogen-bond donors (Lipinski definition) is 5. The van der Waals surface area contributed by atoms with E-state index in [9.17, 15) is 39.9 Å². The molecule has 76 heavy (non-hydrogen) atoms. The fourth-order valence-electron chi connectivity index (χ4n) is 12.0. The minimum absolute atomic E-state index is 0.157. The molecule has 4 aliphatic rings. The average Bonchev–Trinajstić information content (AvgIpc) is 4.19. The minimum atomic E-state index is -1.84. The molecule has 1 aromatic heterocycles. The molecule has 0 amide bonds. The lowest BCUT2D eigenvalue weighted by atomic mass is 9.77. The number of hydrogen-bond acceptors (Lipinski definition) is 17. The van der Waals surface area contributed by atoms with Gasteiger partial charge in [-0.3, -0.25) is 9.59 Å².